The highest BCUT2D eigenvalue weighted by Crippen LogP contribution is 2.37. The number of hydrogen-bond donors (Lipinski definition) is 2. The van der Waals surface area contributed by atoms with Crippen LogP contribution in [0.5, 0.6) is 11.5 Å². The van der Waals surface area contributed by atoms with E-state index in [9.17, 15) is 4.79 Å². The van der Waals surface area contributed by atoms with Crippen molar-refractivity contribution in [2.75, 3.05) is 13.2 Å². The molecule has 0 radical (unpaired) electrons. The Balaban J connectivity index is 2.20. The molecule has 0 fully saturated rings. The number of H-pyrrole nitrogens is 1. The van der Waals surface area contributed by atoms with E-state index in [4.69, 9.17) is 19.6 Å². The van der Waals surface area contributed by atoms with Crippen molar-refractivity contribution in [3.63, 3.8) is 0 Å². The van der Waals surface area contributed by atoms with Crippen LogP contribution in [0.2, 0.25) is 0 Å². The predicted octanol–water partition coefficient (Wildman–Crippen LogP) is 0.220. The average molecular weight is 222 g/mol. The highest BCUT2D eigenvalue weighted by Gasteiger charge is 2.24. The number of nitrogens with two attached hydrogens (primary N) is 1. The van der Waals surface area contributed by atoms with Gasteiger partial charge in [-0.05, 0) is 12.1 Å². The second-order valence-corrected chi connectivity index (χ2v) is 3.57. The van der Waals surface area contributed by atoms with Crippen molar-refractivity contribution in [3.8, 4) is 11.5 Å². The van der Waals surface area contributed by atoms with Gasteiger partial charge in [-0.2, -0.15) is 0 Å². The summed E-state index contributed by atoms with van der Waals surface area (Å²) in [5.41, 5.74) is 6.47. The molecule has 1 aromatic heterocycles. The quantitative estimate of drug-likeness (QED) is 0.720. The first-order valence-electron chi connectivity index (χ1n) is 4.93. The zero-order valence-electron chi connectivity index (χ0n) is 8.36. The maximum Gasteiger partial charge on any atom is 0.417 e. The smallest absolute Gasteiger partial charge is 0.417 e. The lowest BCUT2D eigenvalue weighted by Crippen LogP contribution is -2.35. The molecular formula is C10H10N2O4. The molecule has 1 aliphatic rings. The summed E-state index contributed by atoms with van der Waals surface area (Å²) in [5.74, 6) is 0.499. The lowest BCUT2D eigenvalue weighted by Gasteiger charge is -2.25. The predicted molar refractivity (Wildman–Crippen MR) is 55.8 cm³/mol. The Morgan fingerprint density at radius 2 is 2.38 bits per heavy atom. The van der Waals surface area contributed by atoms with Gasteiger partial charge < -0.3 is 19.6 Å². The Hall–Kier alpha value is -1.95. The molecule has 1 atom stereocenters. The average Bonchev–Trinajstić information content (AvgIpc) is 2.69. The number of hydrogen-bond acceptors (Lipinski definition) is 5. The van der Waals surface area contributed by atoms with Crippen LogP contribution in [0.15, 0.2) is 21.3 Å². The summed E-state index contributed by atoms with van der Waals surface area (Å²) in [6.45, 7) is 0.758. The summed E-state index contributed by atoms with van der Waals surface area (Å²) >= 11 is 0. The molecule has 6 nitrogen and oxygen atoms in total. The molecule has 3 N–H and O–H groups in total. The minimum atomic E-state index is -0.512. The van der Waals surface area contributed by atoms with E-state index in [1.54, 1.807) is 12.1 Å². The standard InChI is InChI=1S/C10H10N2O4/c11-3-5-4-14-7-2-1-6-8(9(7)15-5)16-10(13)12-6/h1-2,5H,3-4,11H2,(H,12,13)/t5-/m0/s1. The van der Waals surface area contributed by atoms with Crippen molar-refractivity contribution >= 4 is 11.1 Å². The van der Waals surface area contributed by atoms with Gasteiger partial charge in [0, 0.05) is 6.54 Å². The maximum atomic E-state index is 11.1. The van der Waals surface area contributed by atoms with Crippen LogP contribution < -0.4 is 21.0 Å². The van der Waals surface area contributed by atoms with Gasteiger partial charge in [0.2, 0.25) is 11.3 Å². The van der Waals surface area contributed by atoms with Crippen LogP contribution in [0.3, 0.4) is 0 Å². The monoisotopic (exact) mass is 222 g/mol. The summed E-state index contributed by atoms with van der Waals surface area (Å²) in [7, 11) is 0. The number of rotatable bonds is 1. The molecular weight excluding hydrogens is 212 g/mol. The topological polar surface area (TPSA) is 90.5 Å². The summed E-state index contributed by atoms with van der Waals surface area (Å²) < 4.78 is 16.1. The summed E-state index contributed by atoms with van der Waals surface area (Å²) in [6.07, 6.45) is -0.210. The van der Waals surface area contributed by atoms with Gasteiger partial charge in [0.05, 0.1) is 5.52 Å². The molecule has 2 heterocycles. The van der Waals surface area contributed by atoms with Gasteiger partial charge in [0.15, 0.2) is 5.75 Å². The molecule has 1 aliphatic heterocycles. The number of fused-ring (bicyclic) bond motifs is 3. The van der Waals surface area contributed by atoms with E-state index in [1.165, 1.54) is 0 Å². The van der Waals surface area contributed by atoms with Crippen LogP contribution in [0.1, 0.15) is 0 Å². The van der Waals surface area contributed by atoms with Gasteiger partial charge in [-0.3, -0.25) is 4.98 Å². The van der Waals surface area contributed by atoms with Crippen LogP contribution in [-0.4, -0.2) is 24.2 Å². The third kappa shape index (κ3) is 1.27. The number of oxazole rings is 1. The van der Waals surface area contributed by atoms with E-state index in [2.05, 4.69) is 4.98 Å². The second-order valence-electron chi connectivity index (χ2n) is 3.57. The molecule has 0 saturated heterocycles. The maximum absolute atomic E-state index is 11.1. The highest BCUT2D eigenvalue weighted by atomic mass is 16.6. The fourth-order valence-electron chi connectivity index (χ4n) is 1.70. The van der Waals surface area contributed by atoms with Crippen LogP contribution in [0.4, 0.5) is 0 Å². The summed E-state index contributed by atoms with van der Waals surface area (Å²) in [4.78, 5) is 13.6. The van der Waals surface area contributed by atoms with E-state index in [-0.39, 0.29) is 6.10 Å². The lowest BCUT2D eigenvalue weighted by molar-refractivity contribution is 0.0974. The number of aromatic nitrogens is 1. The molecule has 0 amide bonds. The molecule has 3 rings (SSSR count). The fraction of sp³-hybridized carbons (Fsp3) is 0.300. The number of ether oxygens (including phenoxy) is 2. The third-order valence-corrected chi connectivity index (χ3v) is 2.48. The van der Waals surface area contributed by atoms with E-state index < -0.39 is 5.76 Å². The Morgan fingerprint density at radius 3 is 3.19 bits per heavy atom. The van der Waals surface area contributed by atoms with Gasteiger partial charge in [0.1, 0.15) is 12.7 Å². The first-order chi connectivity index (χ1) is 7.78. The largest absolute Gasteiger partial charge is 0.486 e. The SMILES string of the molecule is NC[C@H]1COc2ccc3[nH]c(=O)oc3c2O1. The first kappa shape index (κ1) is 9.29. The third-order valence-electron chi connectivity index (χ3n) is 2.48. The van der Waals surface area contributed by atoms with Crippen molar-refractivity contribution in [3.05, 3.63) is 22.7 Å². The number of aromatic amines is 1. The van der Waals surface area contributed by atoms with Crippen molar-refractivity contribution in [2.45, 2.75) is 6.10 Å². The van der Waals surface area contributed by atoms with Crippen LogP contribution in [0.25, 0.3) is 11.1 Å². The fourth-order valence-corrected chi connectivity index (χ4v) is 1.70. The molecule has 6 heteroatoms. The van der Waals surface area contributed by atoms with E-state index in [0.29, 0.717) is 35.8 Å². The number of nitrogens with one attached hydrogen (secondary N) is 1. The second kappa shape index (κ2) is 3.28. The van der Waals surface area contributed by atoms with E-state index in [0.717, 1.165) is 0 Å². The molecule has 84 valence electrons. The van der Waals surface area contributed by atoms with Crippen LogP contribution in [0, 0.1) is 0 Å². The molecule has 0 aliphatic carbocycles. The Labute approximate surface area is 89.9 Å². The highest BCUT2D eigenvalue weighted by molar-refractivity contribution is 5.82. The zero-order valence-corrected chi connectivity index (χ0v) is 8.36. The molecule has 0 bridgehead atoms. The lowest BCUT2D eigenvalue weighted by atomic mass is 10.2. The van der Waals surface area contributed by atoms with Crippen molar-refractivity contribution < 1.29 is 13.9 Å². The summed E-state index contributed by atoms with van der Waals surface area (Å²) in [5, 5.41) is 0. The van der Waals surface area contributed by atoms with Crippen molar-refractivity contribution in [1.29, 1.82) is 0 Å². The Kier molecular flexibility index (Phi) is 1.90. The van der Waals surface area contributed by atoms with Crippen molar-refractivity contribution in [2.24, 2.45) is 5.73 Å². The van der Waals surface area contributed by atoms with Crippen LogP contribution in [-0.2, 0) is 0 Å². The minimum absolute atomic E-state index is 0.210. The van der Waals surface area contributed by atoms with Gasteiger partial charge in [-0.1, -0.05) is 0 Å². The van der Waals surface area contributed by atoms with Gasteiger partial charge in [0.25, 0.3) is 0 Å². The molecule has 0 saturated carbocycles. The van der Waals surface area contributed by atoms with Crippen molar-refractivity contribution in [1.82, 2.24) is 4.98 Å². The molecule has 0 spiro atoms. The van der Waals surface area contributed by atoms with E-state index in [1.807, 2.05) is 0 Å². The molecule has 2 aromatic rings. The first-order valence-corrected chi connectivity index (χ1v) is 4.93. The number of benzene rings is 1. The molecule has 1 aromatic carbocycles. The minimum Gasteiger partial charge on any atom is -0.486 e. The van der Waals surface area contributed by atoms with Gasteiger partial charge >= 0.3 is 5.76 Å². The summed E-state index contributed by atoms with van der Waals surface area (Å²) in [6, 6.07) is 3.45. The van der Waals surface area contributed by atoms with Crippen LogP contribution >= 0.6 is 0 Å². The zero-order chi connectivity index (χ0) is 11.1. The van der Waals surface area contributed by atoms with E-state index >= 15 is 0 Å². The Morgan fingerprint density at radius 1 is 1.50 bits per heavy atom. The molecule has 0 unspecified atom stereocenters. The van der Waals surface area contributed by atoms with Gasteiger partial charge in [-0.25, -0.2) is 4.79 Å². The Bertz CT molecular complexity index is 586. The normalized spacial score (nSPS) is 18.9. The molecule has 16 heavy (non-hydrogen) atoms. The van der Waals surface area contributed by atoms with Gasteiger partial charge in [-0.15, -0.1) is 0 Å².